The third-order valence-electron chi connectivity index (χ3n) is 4.45. The molecule has 1 aliphatic heterocycles. The molecule has 0 saturated heterocycles. The summed E-state index contributed by atoms with van der Waals surface area (Å²) in [7, 11) is 0. The smallest absolute Gasteiger partial charge is 0.231 e. The van der Waals surface area contributed by atoms with Gasteiger partial charge in [-0.2, -0.15) is 0 Å². The maximum Gasteiger partial charge on any atom is 0.231 e. The minimum Gasteiger partial charge on any atom is -0.489 e. The van der Waals surface area contributed by atoms with Gasteiger partial charge in [-0.1, -0.05) is 47.6 Å². The maximum atomic E-state index is 6.17. The van der Waals surface area contributed by atoms with Crippen LogP contribution in [0, 0.1) is 0 Å². The Bertz CT molecular complexity index is 1020. The molecule has 3 aromatic rings. The van der Waals surface area contributed by atoms with Gasteiger partial charge in [0.15, 0.2) is 11.5 Å². The van der Waals surface area contributed by atoms with E-state index >= 15 is 0 Å². The number of hydrogen-bond acceptors (Lipinski definition) is 4. The number of ether oxygens (including phenoxy) is 3. The predicted octanol–water partition coefficient (Wildman–Crippen LogP) is 5.77. The number of benzene rings is 3. The lowest BCUT2D eigenvalue weighted by atomic mass is 10.2. The first kappa shape index (κ1) is 19.8. The van der Waals surface area contributed by atoms with E-state index in [0.717, 1.165) is 28.2 Å². The van der Waals surface area contributed by atoms with Crippen molar-refractivity contribution in [1.29, 1.82) is 0 Å². The summed E-state index contributed by atoms with van der Waals surface area (Å²) in [4.78, 5) is 0.656. The van der Waals surface area contributed by atoms with Crippen molar-refractivity contribution in [2.45, 2.75) is 13.2 Å². The molecule has 0 aromatic heterocycles. The van der Waals surface area contributed by atoms with Crippen LogP contribution in [0.4, 0.5) is 0 Å². The molecule has 0 atom stereocenters. The minimum atomic E-state index is 0.266. The Kier molecular flexibility index (Phi) is 6.09. The monoisotopic (exact) mass is 445 g/mol. The highest BCUT2D eigenvalue weighted by molar-refractivity contribution is 7.80. The molecule has 0 unspecified atom stereocenters. The minimum absolute atomic E-state index is 0.266. The molecule has 29 heavy (non-hydrogen) atoms. The van der Waals surface area contributed by atoms with Crippen molar-refractivity contribution in [3.05, 3.63) is 87.4 Å². The van der Waals surface area contributed by atoms with E-state index in [1.54, 1.807) is 18.2 Å². The molecule has 7 heteroatoms. The predicted molar refractivity (Wildman–Crippen MR) is 118 cm³/mol. The van der Waals surface area contributed by atoms with E-state index in [1.165, 1.54) is 0 Å². The van der Waals surface area contributed by atoms with Crippen LogP contribution in [0.25, 0.3) is 0 Å². The Morgan fingerprint density at radius 2 is 1.69 bits per heavy atom. The summed E-state index contributed by atoms with van der Waals surface area (Å²) >= 11 is 17.8. The van der Waals surface area contributed by atoms with Gasteiger partial charge in [-0.3, -0.25) is 0 Å². The first-order valence-electron chi connectivity index (χ1n) is 8.92. The Balaban J connectivity index is 1.33. The molecule has 0 aliphatic carbocycles. The van der Waals surface area contributed by atoms with Crippen LogP contribution in [0.15, 0.2) is 60.7 Å². The maximum absolute atomic E-state index is 6.17. The van der Waals surface area contributed by atoms with Crippen molar-refractivity contribution in [3.8, 4) is 17.2 Å². The van der Waals surface area contributed by atoms with Gasteiger partial charge in [0, 0.05) is 27.7 Å². The van der Waals surface area contributed by atoms with Crippen molar-refractivity contribution in [2.24, 2.45) is 0 Å². The Hall–Kier alpha value is -2.47. The number of rotatable bonds is 6. The fourth-order valence-electron chi connectivity index (χ4n) is 2.86. The van der Waals surface area contributed by atoms with E-state index in [4.69, 9.17) is 49.6 Å². The highest BCUT2D eigenvalue weighted by Crippen LogP contribution is 2.32. The van der Waals surface area contributed by atoms with Crippen LogP contribution in [0.1, 0.15) is 16.7 Å². The molecular formula is C22H17Cl2NO3S. The molecule has 0 radical (unpaired) electrons. The second-order valence-electron chi connectivity index (χ2n) is 6.38. The lowest BCUT2D eigenvalue weighted by molar-refractivity contribution is 0.174. The van der Waals surface area contributed by atoms with Gasteiger partial charge in [-0.05, 0) is 54.1 Å². The summed E-state index contributed by atoms with van der Waals surface area (Å²) in [5.41, 5.74) is 2.73. The standard InChI is InChI=1S/C22H17Cl2NO3S/c23-18-2-1-3-19(24)17(18)12-26-16-7-5-15(6-8-16)22(29)25-11-14-4-9-20-21(10-14)28-13-27-20/h1-10H,11-13H2,(H,25,29). The second kappa shape index (κ2) is 8.91. The molecule has 1 N–H and O–H groups in total. The number of nitrogens with one attached hydrogen (secondary N) is 1. The molecule has 148 valence electrons. The lowest BCUT2D eigenvalue weighted by Gasteiger charge is -2.11. The molecule has 0 spiro atoms. The van der Waals surface area contributed by atoms with Gasteiger partial charge in [-0.15, -0.1) is 0 Å². The zero-order chi connectivity index (χ0) is 20.2. The fraction of sp³-hybridized carbons (Fsp3) is 0.136. The zero-order valence-corrected chi connectivity index (χ0v) is 17.6. The van der Waals surface area contributed by atoms with Gasteiger partial charge < -0.3 is 19.5 Å². The molecule has 0 amide bonds. The summed E-state index contributed by atoms with van der Waals surface area (Å²) in [5, 5.41) is 4.43. The summed E-state index contributed by atoms with van der Waals surface area (Å²) in [6.45, 7) is 1.16. The van der Waals surface area contributed by atoms with Crippen molar-refractivity contribution in [1.82, 2.24) is 5.32 Å². The van der Waals surface area contributed by atoms with E-state index in [-0.39, 0.29) is 6.79 Å². The number of hydrogen-bond donors (Lipinski definition) is 1. The van der Waals surface area contributed by atoms with Gasteiger partial charge in [0.1, 0.15) is 17.3 Å². The molecule has 0 bridgehead atoms. The topological polar surface area (TPSA) is 39.7 Å². The van der Waals surface area contributed by atoms with Crippen molar-refractivity contribution in [2.75, 3.05) is 6.79 Å². The van der Waals surface area contributed by atoms with Crippen LogP contribution in [0.3, 0.4) is 0 Å². The highest BCUT2D eigenvalue weighted by Gasteiger charge is 2.13. The molecule has 1 aliphatic rings. The van der Waals surface area contributed by atoms with Crippen LogP contribution in [-0.2, 0) is 13.2 Å². The Morgan fingerprint density at radius 1 is 0.966 bits per heavy atom. The summed E-state index contributed by atoms with van der Waals surface area (Å²) in [6.07, 6.45) is 0. The molecular weight excluding hydrogens is 429 g/mol. The third kappa shape index (κ3) is 4.75. The Labute approximate surface area is 184 Å². The van der Waals surface area contributed by atoms with Crippen molar-refractivity contribution < 1.29 is 14.2 Å². The van der Waals surface area contributed by atoms with Crippen LogP contribution >= 0.6 is 35.4 Å². The van der Waals surface area contributed by atoms with E-state index in [1.807, 2.05) is 42.5 Å². The largest absolute Gasteiger partial charge is 0.489 e. The van der Waals surface area contributed by atoms with Crippen LogP contribution < -0.4 is 19.5 Å². The Morgan fingerprint density at radius 3 is 2.45 bits per heavy atom. The molecule has 4 nitrogen and oxygen atoms in total. The first-order chi connectivity index (χ1) is 14.1. The van der Waals surface area contributed by atoms with Gasteiger partial charge in [0.2, 0.25) is 6.79 Å². The number of thiocarbonyl (C=S) groups is 1. The SMILES string of the molecule is S=C(NCc1ccc2c(c1)OCO2)c1ccc(OCc2c(Cl)cccc2Cl)cc1. The fourth-order valence-corrected chi connectivity index (χ4v) is 3.58. The molecule has 0 fully saturated rings. The second-order valence-corrected chi connectivity index (χ2v) is 7.61. The third-order valence-corrected chi connectivity index (χ3v) is 5.54. The van der Waals surface area contributed by atoms with Gasteiger partial charge >= 0.3 is 0 Å². The number of halogens is 2. The molecule has 3 aromatic carbocycles. The van der Waals surface area contributed by atoms with Crippen molar-refractivity contribution >= 4 is 40.4 Å². The van der Waals surface area contributed by atoms with Crippen LogP contribution in [-0.4, -0.2) is 11.8 Å². The van der Waals surface area contributed by atoms with E-state index in [2.05, 4.69) is 5.32 Å². The summed E-state index contributed by atoms with van der Waals surface area (Å²) in [6, 6.07) is 18.8. The normalized spacial score (nSPS) is 11.9. The van der Waals surface area contributed by atoms with E-state index in [9.17, 15) is 0 Å². The number of fused-ring (bicyclic) bond motifs is 1. The van der Waals surface area contributed by atoms with Crippen LogP contribution in [0.2, 0.25) is 10.0 Å². The van der Waals surface area contributed by atoms with Gasteiger partial charge in [-0.25, -0.2) is 0 Å². The van der Waals surface area contributed by atoms with Crippen LogP contribution in [0.5, 0.6) is 17.2 Å². The molecule has 4 rings (SSSR count). The van der Waals surface area contributed by atoms with Gasteiger partial charge in [0.25, 0.3) is 0 Å². The lowest BCUT2D eigenvalue weighted by Crippen LogP contribution is -2.21. The summed E-state index contributed by atoms with van der Waals surface area (Å²) in [5.74, 6) is 2.24. The first-order valence-corrected chi connectivity index (χ1v) is 10.1. The van der Waals surface area contributed by atoms with E-state index < -0.39 is 0 Å². The van der Waals surface area contributed by atoms with Gasteiger partial charge in [0.05, 0.1) is 0 Å². The molecule has 0 saturated carbocycles. The van der Waals surface area contributed by atoms with Crippen molar-refractivity contribution in [3.63, 3.8) is 0 Å². The summed E-state index contributed by atoms with van der Waals surface area (Å²) < 4.78 is 16.5. The average molecular weight is 446 g/mol. The van der Waals surface area contributed by atoms with E-state index in [0.29, 0.717) is 33.9 Å². The molecule has 1 heterocycles. The zero-order valence-electron chi connectivity index (χ0n) is 15.3. The average Bonchev–Trinajstić information content (AvgIpc) is 3.20. The highest BCUT2D eigenvalue weighted by atomic mass is 35.5. The quantitative estimate of drug-likeness (QED) is 0.487.